The van der Waals surface area contributed by atoms with Crippen molar-refractivity contribution in [2.75, 3.05) is 6.61 Å². The van der Waals surface area contributed by atoms with Crippen LogP contribution in [0.1, 0.15) is 47.0 Å². The van der Waals surface area contributed by atoms with Crippen molar-refractivity contribution in [3.8, 4) is 0 Å². The lowest BCUT2D eigenvalue weighted by atomic mass is 10.1. The number of alkyl halides is 1. The SMILES string of the molecule is CCOC(=O)CCCC(Br)C(=O)OC(C)(C)C. The molecule has 0 fully saturated rings. The number of halogens is 1. The summed E-state index contributed by atoms with van der Waals surface area (Å²) in [5.41, 5.74) is -0.482. The van der Waals surface area contributed by atoms with Gasteiger partial charge in [-0.1, -0.05) is 15.9 Å². The van der Waals surface area contributed by atoms with E-state index in [1.165, 1.54) is 0 Å². The molecule has 0 amide bonds. The van der Waals surface area contributed by atoms with E-state index in [-0.39, 0.29) is 16.8 Å². The van der Waals surface area contributed by atoms with Crippen molar-refractivity contribution in [3.63, 3.8) is 0 Å². The second kappa shape index (κ2) is 7.69. The van der Waals surface area contributed by atoms with Crippen LogP contribution in [0.15, 0.2) is 0 Å². The molecule has 0 aromatic heterocycles. The number of hydrogen-bond donors (Lipinski definition) is 0. The lowest BCUT2D eigenvalue weighted by Gasteiger charge is -2.21. The zero-order valence-electron chi connectivity index (χ0n) is 10.9. The molecule has 0 aromatic rings. The Morgan fingerprint density at radius 2 is 1.88 bits per heavy atom. The van der Waals surface area contributed by atoms with Crippen molar-refractivity contribution in [2.45, 2.75) is 57.4 Å². The predicted octanol–water partition coefficient (Wildman–Crippen LogP) is 2.83. The summed E-state index contributed by atoms with van der Waals surface area (Å²) in [5, 5.41) is 0. The lowest BCUT2D eigenvalue weighted by molar-refractivity contribution is -0.154. The van der Waals surface area contributed by atoms with Crippen LogP contribution in [0.3, 0.4) is 0 Å². The Labute approximate surface area is 111 Å². The summed E-state index contributed by atoms with van der Waals surface area (Å²) in [6.45, 7) is 7.63. The fraction of sp³-hybridized carbons (Fsp3) is 0.833. The zero-order chi connectivity index (χ0) is 13.5. The van der Waals surface area contributed by atoms with E-state index in [0.717, 1.165) is 0 Å². The van der Waals surface area contributed by atoms with Crippen molar-refractivity contribution in [1.29, 1.82) is 0 Å². The number of carbonyl (C=O) groups excluding carboxylic acids is 2. The highest BCUT2D eigenvalue weighted by Crippen LogP contribution is 2.16. The minimum Gasteiger partial charge on any atom is -0.466 e. The Morgan fingerprint density at radius 1 is 1.29 bits per heavy atom. The molecule has 0 rings (SSSR count). The first-order chi connectivity index (χ1) is 7.76. The van der Waals surface area contributed by atoms with E-state index in [1.54, 1.807) is 6.92 Å². The standard InChI is InChI=1S/C12H21BrO4/c1-5-16-10(14)8-6-7-9(13)11(15)17-12(2,3)4/h9H,5-8H2,1-4H3. The first-order valence-electron chi connectivity index (χ1n) is 5.79. The molecule has 0 spiro atoms. The summed E-state index contributed by atoms with van der Waals surface area (Å²) < 4.78 is 10.00. The van der Waals surface area contributed by atoms with Gasteiger partial charge in [0.05, 0.1) is 6.61 Å². The van der Waals surface area contributed by atoms with Crippen LogP contribution in [0.2, 0.25) is 0 Å². The highest BCUT2D eigenvalue weighted by atomic mass is 79.9. The Morgan fingerprint density at radius 3 is 2.35 bits per heavy atom. The summed E-state index contributed by atoms with van der Waals surface area (Å²) in [6.07, 6.45) is 1.50. The maximum absolute atomic E-state index is 11.6. The molecule has 1 unspecified atom stereocenters. The Bertz CT molecular complexity index is 258. The third-order valence-electron chi connectivity index (χ3n) is 1.81. The number of carbonyl (C=O) groups is 2. The summed E-state index contributed by atoms with van der Waals surface area (Å²) in [4.78, 5) is 22.3. The molecule has 0 saturated carbocycles. The van der Waals surface area contributed by atoms with Gasteiger partial charge < -0.3 is 9.47 Å². The van der Waals surface area contributed by atoms with Gasteiger partial charge in [-0.2, -0.15) is 0 Å². The quantitative estimate of drug-likeness (QED) is 0.559. The molecular weight excluding hydrogens is 288 g/mol. The first-order valence-corrected chi connectivity index (χ1v) is 6.70. The third kappa shape index (κ3) is 9.15. The molecule has 100 valence electrons. The highest BCUT2D eigenvalue weighted by Gasteiger charge is 2.22. The van der Waals surface area contributed by atoms with Gasteiger partial charge in [-0.15, -0.1) is 0 Å². The van der Waals surface area contributed by atoms with Crippen molar-refractivity contribution in [1.82, 2.24) is 0 Å². The molecule has 1 atom stereocenters. The van der Waals surface area contributed by atoms with Crippen LogP contribution in [0.5, 0.6) is 0 Å². The van der Waals surface area contributed by atoms with Crippen LogP contribution < -0.4 is 0 Å². The van der Waals surface area contributed by atoms with Crippen molar-refractivity contribution < 1.29 is 19.1 Å². The number of esters is 2. The summed E-state index contributed by atoms with van der Waals surface area (Å²) in [6, 6.07) is 0. The van der Waals surface area contributed by atoms with Gasteiger partial charge in [0.25, 0.3) is 0 Å². The van der Waals surface area contributed by atoms with Crippen LogP contribution in [-0.4, -0.2) is 29.0 Å². The summed E-state index contributed by atoms with van der Waals surface area (Å²) in [5.74, 6) is -0.516. The van der Waals surface area contributed by atoms with E-state index in [2.05, 4.69) is 15.9 Å². The smallest absolute Gasteiger partial charge is 0.320 e. The second-order valence-electron chi connectivity index (χ2n) is 4.70. The summed E-state index contributed by atoms with van der Waals surface area (Å²) >= 11 is 3.26. The fourth-order valence-electron chi connectivity index (χ4n) is 1.14. The molecule has 0 aliphatic rings. The average Bonchev–Trinajstić information content (AvgIpc) is 2.15. The van der Waals surface area contributed by atoms with Gasteiger partial charge in [0.2, 0.25) is 0 Å². The predicted molar refractivity (Wildman–Crippen MR) is 69.0 cm³/mol. The van der Waals surface area contributed by atoms with E-state index < -0.39 is 5.60 Å². The third-order valence-corrected chi connectivity index (χ3v) is 2.64. The van der Waals surface area contributed by atoms with E-state index in [4.69, 9.17) is 9.47 Å². The highest BCUT2D eigenvalue weighted by molar-refractivity contribution is 9.10. The molecule has 4 nitrogen and oxygen atoms in total. The lowest BCUT2D eigenvalue weighted by Crippen LogP contribution is -2.29. The van der Waals surface area contributed by atoms with E-state index >= 15 is 0 Å². The van der Waals surface area contributed by atoms with Gasteiger partial charge in [-0.05, 0) is 40.5 Å². The maximum Gasteiger partial charge on any atom is 0.320 e. The van der Waals surface area contributed by atoms with Gasteiger partial charge in [0.15, 0.2) is 0 Å². The van der Waals surface area contributed by atoms with Crippen LogP contribution in [-0.2, 0) is 19.1 Å². The maximum atomic E-state index is 11.6. The topological polar surface area (TPSA) is 52.6 Å². The average molecular weight is 309 g/mol. The second-order valence-corrected chi connectivity index (χ2v) is 5.80. The van der Waals surface area contributed by atoms with Gasteiger partial charge in [0, 0.05) is 6.42 Å². The fourth-order valence-corrected chi connectivity index (χ4v) is 1.56. The van der Waals surface area contributed by atoms with Crippen LogP contribution in [0, 0.1) is 0 Å². The Hall–Kier alpha value is -0.580. The molecule has 0 saturated heterocycles. The van der Waals surface area contributed by atoms with Gasteiger partial charge in [-0.25, -0.2) is 0 Å². The van der Waals surface area contributed by atoms with Crippen molar-refractivity contribution in [3.05, 3.63) is 0 Å². The molecule has 17 heavy (non-hydrogen) atoms. The van der Waals surface area contributed by atoms with Gasteiger partial charge in [0.1, 0.15) is 10.4 Å². The zero-order valence-corrected chi connectivity index (χ0v) is 12.5. The molecule has 0 radical (unpaired) electrons. The van der Waals surface area contributed by atoms with E-state index in [9.17, 15) is 9.59 Å². The summed E-state index contributed by atoms with van der Waals surface area (Å²) in [7, 11) is 0. The first kappa shape index (κ1) is 16.4. The molecule has 0 heterocycles. The minimum atomic E-state index is -0.482. The van der Waals surface area contributed by atoms with Crippen LogP contribution >= 0.6 is 15.9 Å². The van der Waals surface area contributed by atoms with Gasteiger partial charge >= 0.3 is 11.9 Å². The minimum absolute atomic E-state index is 0.226. The Kier molecular flexibility index (Phi) is 7.43. The number of hydrogen-bond acceptors (Lipinski definition) is 4. The largest absolute Gasteiger partial charge is 0.466 e. The van der Waals surface area contributed by atoms with E-state index in [0.29, 0.717) is 25.9 Å². The number of rotatable bonds is 6. The normalized spacial score (nSPS) is 13.0. The Balaban J connectivity index is 3.82. The molecular formula is C12H21BrO4. The van der Waals surface area contributed by atoms with Crippen LogP contribution in [0.4, 0.5) is 0 Å². The van der Waals surface area contributed by atoms with E-state index in [1.807, 2.05) is 20.8 Å². The molecule has 0 aromatic carbocycles. The van der Waals surface area contributed by atoms with Crippen molar-refractivity contribution in [2.24, 2.45) is 0 Å². The van der Waals surface area contributed by atoms with Crippen LogP contribution in [0.25, 0.3) is 0 Å². The molecule has 0 N–H and O–H groups in total. The molecule has 5 heteroatoms. The monoisotopic (exact) mass is 308 g/mol. The molecule has 0 aliphatic heterocycles. The van der Waals surface area contributed by atoms with Crippen molar-refractivity contribution >= 4 is 27.9 Å². The van der Waals surface area contributed by atoms with Gasteiger partial charge in [-0.3, -0.25) is 9.59 Å². The molecule has 0 aliphatic carbocycles. The molecule has 0 bridgehead atoms. The number of ether oxygens (including phenoxy) is 2.